The summed E-state index contributed by atoms with van der Waals surface area (Å²) in [6.07, 6.45) is 8.97. The molecule has 0 bridgehead atoms. The molecular weight excluding hydrogens is 438 g/mol. The van der Waals surface area contributed by atoms with Gasteiger partial charge in [0.1, 0.15) is 17.0 Å². The molecule has 0 saturated heterocycles. The average molecular weight is 462 g/mol. The third kappa shape index (κ3) is 4.25. The Morgan fingerprint density at radius 2 is 1.86 bits per heavy atom. The predicted molar refractivity (Wildman–Crippen MR) is 134 cm³/mol. The third-order valence-electron chi connectivity index (χ3n) is 5.94. The second-order valence-corrected chi connectivity index (χ2v) is 8.43. The third-order valence-corrected chi connectivity index (χ3v) is 5.94. The van der Waals surface area contributed by atoms with E-state index in [1.54, 1.807) is 12.5 Å². The highest BCUT2D eigenvalue weighted by atomic mass is 16.5. The van der Waals surface area contributed by atoms with Crippen molar-refractivity contribution in [2.45, 2.75) is 13.1 Å². The summed E-state index contributed by atoms with van der Waals surface area (Å²) in [5.41, 5.74) is 5.99. The van der Waals surface area contributed by atoms with Gasteiger partial charge in [-0.2, -0.15) is 0 Å². The molecule has 0 aliphatic carbocycles. The number of ether oxygens (including phenoxy) is 1. The van der Waals surface area contributed by atoms with Crippen molar-refractivity contribution in [1.82, 2.24) is 24.3 Å². The molecule has 0 unspecified atom stereocenters. The smallest absolute Gasteiger partial charge is 0.230 e. The highest BCUT2D eigenvalue weighted by Crippen LogP contribution is 2.33. The second kappa shape index (κ2) is 9.04. The molecule has 0 aliphatic rings. The Kier molecular flexibility index (Phi) is 5.44. The fraction of sp³-hybridized carbons (Fsp3) is 0.107. The monoisotopic (exact) mass is 461 g/mol. The van der Waals surface area contributed by atoms with Gasteiger partial charge in [-0.05, 0) is 67.2 Å². The SMILES string of the molecule is CN(Cc1ccccn1)Cc1cc(Oc2nccc3occc23)ccc1-c1cccc2nccn12. The lowest BCUT2D eigenvalue weighted by atomic mass is 10.0. The van der Waals surface area contributed by atoms with Crippen LogP contribution in [0.1, 0.15) is 11.3 Å². The molecule has 0 radical (unpaired) electrons. The summed E-state index contributed by atoms with van der Waals surface area (Å²) in [7, 11) is 2.09. The van der Waals surface area contributed by atoms with E-state index in [1.807, 2.05) is 67.1 Å². The van der Waals surface area contributed by atoms with Crippen molar-refractivity contribution in [2.75, 3.05) is 7.05 Å². The van der Waals surface area contributed by atoms with E-state index in [4.69, 9.17) is 9.15 Å². The lowest BCUT2D eigenvalue weighted by molar-refractivity contribution is 0.315. The van der Waals surface area contributed by atoms with Crippen molar-refractivity contribution in [3.8, 4) is 22.9 Å². The molecule has 6 aromatic rings. The van der Waals surface area contributed by atoms with Gasteiger partial charge in [0, 0.05) is 43.4 Å². The number of nitrogens with zero attached hydrogens (tertiary/aromatic N) is 5. The van der Waals surface area contributed by atoms with Crippen LogP contribution in [0.4, 0.5) is 0 Å². The van der Waals surface area contributed by atoms with Gasteiger partial charge in [0.25, 0.3) is 0 Å². The number of pyridine rings is 3. The van der Waals surface area contributed by atoms with Crippen LogP contribution in [-0.2, 0) is 13.1 Å². The maximum atomic E-state index is 6.23. The summed E-state index contributed by atoms with van der Waals surface area (Å²) in [5.74, 6) is 1.24. The maximum absolute atomic E-state index is 6.23. The van der Waals surface area contributed by atoms with Crippen molar-refractivity contribution in [3.05, 3.63) is 109 Å². The van der Waals surface area contributed by atoms with Gasteiger partial charge in [-0.15, -0.1) is 0 Å². The first-order valence-corrected chi connectivity index (χ1v) is 11.4. The summed E-state index contributed by atoms with van der Waals surface area (Å²) >= 11 is 0. The van der Waals surface area contributed by atoms with Crippen molar-refractivity contribution in [3.63, 3.8) is 0 Å². The lowest BCUT2D eigenvalue weighted by Crippen LogP contribution is -2.18. The Morgan fingerprint density at radius 1 is 0.886 bits per heavy atom. The van der Waals surface area contributed by atoms with Gasteiger partial charge in [0.2, 0.25) is 5.88 Å². The van der Waals surface area contributed by atoms with Gasteiger partial charge >= 0.3 is 0 Å². The van der Waals surface area contributed by atoms with E-state index in [9.17, 15) is 0 Å². The highest BCUT2D eigenvalue weighted by Gasteiger charge is 2.15. The molecule has 0 spiro atoms. The molecule has 7 nitrogen and oxygen atoms in total. The Hall–Kier alpha value is -4.49. The van der Waals surface area contributed by atoms with E-state index in [2.05, 4.69) is 49.5 Å². The minimum absolute atomic E-state index is 0.522. The van der Waals surface area contributed by atoms with Crippen LogP contribution in [0.25, 0.3) is 27.9 Å². The summed E-state index contributed by atoms with van der Waals surface area (Å²) < 4.78 is 13.8. The van der Waals surface area contributed by atoms with E-state index in [-0.39, 0.29) is 0 Å². The van der Waals surface area contributed by atoms with Crippen LogP contribution in [0, 0.1) is 0 Å². The molecule has 35 heavy (non-hydrogen) atoms. The Labute approximate surface area is 202 Å². The van der Waals surface area contributed by atoms with Crippen LogP contribution < -0.4 is 4.74 Å². The first-order chi connectivity index (χ1) is 17.2. The van der Waals surface area contributed by atoms with Crippen LogP contribution in [0.15, 0.2) is 102 Å². The van der Waals surface area contributed by atoms with Gasteiger partial charge in [0.05, 0.1) is 23.0 Å². The Balaban J connectivity index is 1.39. The zero-order chi connectivity index (χ0) is 23.6. The Bertz CT molecular complexity index is 1610. The van der Waals surface area contributed by atoms with Gasteiger partial charge in [0.15, 0.2) is 0 Å². The highest BCUT2D eigenvalue weighted by molar-refractivity contribution is 5.82. The fourth-order valence-corrected chi connectivity index (χ4v) is 4.36. The van der Waals surface area contributed by atoms with Gasteiger partial charge in [-0.25, -0.2) is 9.97 Å². The van der Waals surface area contributed by atoms with E-state index < -0.39 is 0 Å². The van der Waals surface area contributed by atoms with Gasteiger partial charge < -0.3 is 9.15 Å². The van der Waals surface area contributed by atoms with E-state index in [1.165, 1.54) is 0 Å². The molecule has 6 rings (SSSR count). The van der Waals surface area contributed by atoms with Crippen molar-refractivity contribution in [1.29, 1.82) is 0 Å². The maximum Gasteiger partial charge on any atom is 0.230 e. The van der Waals surface area contributed by atoms with E-state index >= 15 is 0 Å². The molecule has 0 saturated carbocycles. The molecular formula is C28H23N5O2. The molecule has 0 atom stereocenters. The Morgan fingerprint density at radius 3 is 2.77 bits per heavy atom. The zero-order valence-electron chi connectivity index (χ0n) is 19.2. The van der Waals surface area contributed by atoms with Crippen LogP contribution in [0.2, 0.25) is 0 Å². The summed E-state index contributed by atoms with van der Waals surface area (Å²) in [5, 5.41) is 0.841. The molecule has 0 N–H and O–H groups in total. The molecule has 7 heteroatoms. The van der Waals surface area contributed by atoms with Crippen molar-refractivity contribution >= 4 is 16.6 Å². The van der Waals surface area contributed by atoms with Gasteiger partial charge in [-0.1, -0.05) is 12.1 Å². The molecule has 5 heterocycles. The van der Waals surface area contributed by atoms with E-state index in [0.717, 1.165) is 45.7 Å². The number of aromatic nitrogens is 4. The second-order valence-electron chi connectivity index (χ2n) is 8.43. The van der Waals surface area contributed by atoms with Crippen LogP contribution in [0.3, 0.4) is 0 Å². The number of hydrogen-bond donors (Lipinski definition) is 0. The minimum atomic E-state index is 0.522. The minimum Gasteiger partial charge on any atom is -0.464 e. The van der Waals surface area contributed by atoms with Gasteiger partial charge in [-0.3, -0.25) is 14.3 Å². The molecule has 5 aromatic heterocycles. The molecule has 1 aromatic carbocycles. The average Bonchev–Trinajstić information content (AvgIpc) is 3.55. The van der Waals surface area contributed by atoms with Crippen LogP contribution in [-0.4, -0.2) is 31.3 Å². The largest absolute Gasteiger partial charge is 0.464 e. The summed E-state index contributed by atoms with van der Waals surface area (Å²) in [6, 6.07) is 22.0. The number of rotatable bonds is 7. The predicted octanol–water partition coefficient (Wildman–Crippen LogP) is 5.96. The number of hydrogen-bond acceptors (Lipinski definition) is 6. The molecule has 0 aliphatic heterocycles. The first kappa shape index (κ1) is 21.1. The van der Waals surface area contributed by atoms with Crippen molar-refractivity contribution < 1.29 is 9.15 Å². The summed E-state index contributed by atoms with van der Waals surface area (Å²) in [4.78, 5) is 15.6. The fourth-order valence-electron chi connectivity index (χ4n) is 4.36. The standard InChI is InChI=1S/C28H23N5O2/c1-32(19-21-5-2-3-12-29-21)18-20-17-22(35-28-24-11-16-34-26(24)10-13-31-28)8-9-23(20)25-6-4-7-27-30-14-15-33(25)27/h2-17H,18-19H2,1H3. The normalized spacial score (nSPS) is 11.5. The number of benzene rings is 1. The molecule has 0 amide bonds. The summed E-state index contributed by atoms with van der Waals surface area (Å²) in [6.45, 7) is 1.44. The van der Waals surface area contributed by atoms with E-state index in [0.29, 0.717) is 18.2 Å². The lowest BCUT2D eigenvalue weighted by Gasteiger charge is -2.20. The van der Waals surface area contributed by atoms with Crippen LogP contribution in [0.5, 0.6) is 11.6 Å². The molecule has 172 valence electrons. The zero-order valence-corrected chi connectivity index (χ0v) is 19.2. The number of imidazole rings is 1. The van der Waals surface area contributed by atoms with Crippen LogP contribution >= 0.6 is 0 Å². The quantitative estimate of drug-likeness (QED) is 0.292. The number of furan rings is 1. The topological polar surface area (TPSA) is 68.7 Å². The number of fused-ring (bicyclic) bond motifs is 2. The molecule has 0 fully saturated rings. The first-order valence-electron chi connectivity index (χ1n) is 11.4. The van der Waals surface area contributed by atoms with Crippen molar-refractivity contribution in [2.24, 2.45) is 0 Å².